The van der Waals surface area contributed by atoms with E-state index in [1.54, 1.807) is 24.0 Å². The fourth-order valence-electron chi connectivity index (χ4n) is 7.09. The number of hydrogen-bond acceptors (Lipinski definition) is 5. The zero-order valence-corrected chi connectivity index (χ0v) is 25.5. The van der Waals surface area contributed by atoms with Crippen molar-refractivity contribution in [2.24, 2.45) is 5.92 Å². The Bertz CT molecular complexity index is 1400. The van der Waals surface area contributed by atoms with Crippen molar-refractivity contribution in [1.82, 2.24) is 4.90 Å². The second kappa shape index (κ2) is 11.4. The minimum Gasteiger partial charge on any atom is -0.497 e. The number of ether oxygens (including phenoxy) is 2. The molecule has 3 aromatic rings. The van der Waals surface area contributed by atoms with Gasteiger partial charge in [-0.3, -0.25) is 9.59 Å². The molecule has 0 aliphatic carbocycles. The molecule has 2 aliphatic heterocycles. The molecule has 0 unspecified atom stereocenters. The number of fused-ring (bicyclic) bond motifs is 2. The molecule has 0 aromatic heterocycles. The van der Waals surface area contributed by atoms with Crippen molar-refractivity contribution in [1.29, 1.82) is 0 Å². The van der Waals surface area contributed by atoms with Crippen molar-refractivity contribution in [3.8, 4) is 5.75 Å². The number of aliphatic hydroxyl groups is 1. The van der Waals surface area contributed by atoms with E-state index in [1.165, 1.54) is 5.19 Å². The number of methoxy groups -OCH3 is 1. The van der Waals surface area contributed by atoms with Crippen LogP contribution in [0.5, 0.6) is 5.75 Å². The Labute approximate surface area is 243 Å². The number of amides is 2. The van der Waals surface area contributed by atoms with Crippen molar-refractivity contribution in [2.75, 3.05) is 32.2 Å². The van der Waals surface area contributed by atoms with Gasteiger partial charge in [0.05, 0.1) is 40.0 Å². The largest absolute Gasteiger partial charge is 0.497 e. The summed E-state index contributed by atoms with van der Waals surface area (Å²) in [6.07, 6.45) is -0.336. The van der Waals surface area contributed by atoms with E-state index in [0.29, 0.717) is 6.54 Å². The van der Waals surface area contributed by atoms with Crippen LogP contribution in [-0.2, 0) is 26.5 Å². The summed E-state index contributed by atoms with van der Waals surface area (Å²) >= 11 is 0. The number of nitrogens with zero attached hydrogens (tertiary/aromatic N) is 2. The Morgan fingerprint density at radius 1 is 1.05 bits per heavy atom. The summed E-state index contributed by atoms with van der Waals surface area (Å²) in [5.41, 5.74) is 1.54. The quantitative estimate of drug-likeness (QED) is 0.387. The maximum Gasteiger partial charge on any atom is 0.264 e. The smallest absolute Gasteiger partial charge is 0.264 e. The number of benzene rings is 3. The first-order valence-corrected chi connectivity index (χ1v) is 17.4. The number of carbonyl (C=O) groups excluding carboxylic acids is 2. The van der Waals surface area contributed by atoms with Gasteiger partial charge in [0.15, 0.2) is 5.60 Å². The monoisotopic (exact) mass is 572 g/mol. The van der Waals surface area contributed by atoms with Crippen molar-refractivity contribution >= 4 is 30.8 Å². The highest BCUT2D eigenvalue weighted by Crippen LogP contribution is 2.59. The minimum absolute atomic E-state index is 0.0314. The average Bonchev–Trinajstić information content (AvgIpc) is 3.39. The molecule has 216 valence electrons. The van der Waals surface area contributed by atoms with Gasteiger partial charge >= 0.3 is 0 Å². The molecule has 5 rings (SSSR count). The van der Waals surface area contributed by atoms with Gasteiger partial charge in [0.1, 0.15) is 5.75 Å². The number of likely N-dealkylation sites (N-methyl/N-ethyl adjacent to an activating group) is 1. The van der Waals surface area contributed by atoms with Gasteiger partial charge in [-0.25, -0.2) is 0 Å². The highest BCUT2D eigenvalue weighted by atomic mass is 28.3. The van der Waals surface area contributed by atoms with Crippen molar-refractivity contribution in [3.05, 3.63) is 90.0 Å². The van der Waals surface area contributed by atoms with Crippen molar-refractivity contribution < 1.29 is 24.2 Å². The van der Waals surface area contributed by atoms with E-state index in [4.69, 9.17) is 9.47 Å². The predicted molar refractivity (Wildman–Crippen MR) is 163 cm³/mol. The second-order valence-electron chi connectivity index (χ2n) is 11.8. The fourth-order valence-corrected chi connectivity index (χ4v) is 11.1. The molecule has 1 fully saturated rings. The number of para-hydroxylation sites is 1. The van der Waals surface area contributed by atoms with Crippen LogP contribution in [0, 0.1) is 5.92 Å². The van der Waals surface area contributed by atoms with Gasteiger partial charge in [0.2, 0.25) is 5.91 Å². The SMILES string of the molecule is COc1ccc([Si](C)(C)[C@H]2[C@H](CC(=O)N(CCO)Cc3ccccc3)O[C@@]3(C(=O)N(C)c4ccccc43)[C@@H]2C)cc1. The lowest BCUT2D eigenvalue weighted by Gasteiger charge is -2.37. The molecule has 4 atom stereocenters. The molecular formula is C33H40N2O5Si. The van der Waals surface area contributed by atoms with E-state index < -0.39 is 19.8 Å². The van der Waals surface area contributed by atoms with Crippen LogP contribution in [-0.4, -0.2) is 63.3 Å². The predicted octanol–water partition coefficient (Wildman–Crippen LogP) is 4.30. The van der Waals surface area contributed by atoms with Gasteiger partial charge < -0.3 is 24.4 Å². The molecule has 3 aromatic carbocycles. The molecule has 7 nitrogen and oxygen atoms in total. The third kappa shape index (κ3) is 4.98. The number of aliphatic hydroxyl groups excluding tert-OH is 1. The first-order valence-electron chi connectivity index (χ1n) is 14.3. The summed E-state index contributed by atoms with van der Waals surface area (Å²) in [7, 11) is 1.12. The molecule has 0 saturated carbocycles. The minimum atomic E-state index is -2.34. The lowest BCUT2D eigenvalue weighted by atomic mass is 9.82. The summed E-state index contributed by atoms with van der Waals surface area (Å²) in [6.45, 7) is 7.24. The topological polar surface area (TPSA) is 79.3 Å². The standard InChI is InChI=1S/C33H40N2O5Si/c1-23-31(41(4,5)26-17-15-25(39-3)16-18-26)29(21-30(37)35(19-20-36)22-24-11-7-6-8-12-24)40-33(23)27-13-9-10-14-28(27)34(2)32(33)38/h6-18,23,29,31,36H,19-22H2,1-5H3/t23-,29+,31-,33+/m1/s1. The molecular weight excluding hydrogens is 532 g/mol. The van der Waals surface area contributed by atoms with Crippen LogP contribution in [0.3, 0.4) is 0 Å². The molecule has 1 N–H and O–H groups in total. The Morgan fingerprint density at radius 3 is 2.37 bits per heavy atom. The summed E-state index contributed by atoms with van der Waals surface area (Å²) in [5.74, 6) is 0.457. The van der Waals surface area contributed by atoms with Gasteiger partial charge in [0.25, 0.3) is 5.91 Å². The van der Waals surface area contributed by atoms with E-state index in [9.17, 15) is 14.7 Å². The molecule has 2 amide bonds. The summed E-state index contributed by atoms with van der Waals surface area (Å²) in [5, 5.41) is 11.0. The van der Waals surface area contributed by atoms with Crippen LogP contribution in [0.1, 0.15) is 24.5 Å². The second-order valence-corrected chi connectivity index (χ2v) is 16.5. The molecule has 1 spiro atoms. The van der Waals surface area contributed by atoms with Crippen LogP contribution in [0.15, 0.2) is 78.9 Å². The highest BCUT2D eigenvalue weighted by Gasteiger charge is 2.66. The normalized spacial score (nSPS) is 23.6. The first-order chi connectivity index (χ1) is 19.6. The third-order valence-electron chi connectivity index (χ3n) is 9.19. The van der Waals surface area contributed by atoms with E-state index in [0.717, 1.165) is 22.6 Å². The Hall–Kier alpha value is -3.46. The van der Waals surface area contributed by atoms with Crippen molar-refractivity contribution in [3.63, 3.8) is 0 Å². The van der Waals surface area contributed by atoms with Crippen LogP contribution in [0.25, 0.3) is 0 Å². The zero-order valence-electron chi connectivity index (χ0n) is 24.5. The third-order valence-corrected chi connectivity index (χ3v) is 13.5. The van der Waals surface area contributed by atoms with Gasteiger partial charge in [-0.2, -0.15) is 0 Å². The molecule has 2 aliphatic rings. The Balaban J connectivity index is 1.54. The zero-order chi connectivity index (χ0) is 29.4. The number of carbonyl (C=O) groups is 2. The molecule has 0 radical (unpaired) electrons. The van der Waals surface area contributed by atoms with Crippen LogP contribution < -0.4 is 14.8 Å². The van der Waals surface area contributed by atoms with E-state index in [1.807, 2.05) is 66.7 Å². The average molecular weight is 573 g/mol. The maximum absolute atomic E-state index is 14.1. The molecule has 41 heavy (non-hydrogen) atoms. The molecule has 1 saturated heterocycles. The van der Waals surface area contributed by atoms with Crippen molar-refractivity contribution in [2.45, 2.75) is 50.2 Å². The van der Waals surface area contributed by atoms with Gasteiger partial charge in [-0.1, -0.05) is 85.9 Å². The Morgan fingerprint density at radius 2 is 1.71 bits per heavy atom. The van der Waals surface area contributed by atoms with Gasteiger partial charge in [-0.15, -0.1) is 0 Å². The summed E-state index contributed by atoms with van der Waals surface area (Å²) < 4.78 is 12.4. The van der Waals surface area contributed by atoms with E-state index in [-0.39, 0.29) is 42.8 Å². The lowest BCUT2D eigenvalue weighted by molar-refractivity contribution is -0.149. The fraction of sp³-hybridized carbons (Fsp3) is 0.394. The number of hydrogen-bond donors (Lipinski definition) is 1. The van der Waals surface area contributed by atoms with Crippen LogP contribution >= 0.6 is 0 Å². The maximum atomic E-state index is 14.1. The molecule has 0 bridgehead atoms. The van der Waals surface area contributed by atoms with Crippen LogP contribution in [0.2, 0.25) is 18.6 Å². The van der Waals surface area contributed by atoms with Gasteiger partial charge in [0, 0.05) is 31.6 Å². The number of rotatable bonds is 9. The van der Waals surface area contributed by atoms with Gasteiger partial charge in [-0.05, 0) is 29.3 Å². The van der Waals surface area contributed by atoms with E-state index in [2.05, 4.69) is 32.2 Å². The highest BCUT2D eigenvalue weighted by molar-refractivity contribution is 6.91. The lowest BCUT2D eigenvalue weighted by Crippen LogP contribution is -2.52. The molecule has 8 heteroatoms. The number of anilines is 1. The first kappa shape index (κ1) is 29.0. The van der Waals surface area contributed by atoms with Crippen LogP contribution in [0.4, 0.5) is 5.69 Å². The van der Waals surface area contributed by atoms with E-state index >= 15 is 0 Å². The summed E-state index contributed by atoms with van der Waals surface area (Å²) in [6, 6.07) is 25.8. The Kier molecular flexibility index (Phi) is 8.10. The summed E-state index contributed by atoms with van der Waals surface area (Å²) in [4.78, 5) is 31.4. The molecule has 2 heterocycles.